The van der Waals surface area contributed by atoms with E-state index in [1.165, 1.54) is 30.8 Å². The van der Waals surface area contributed by atoms with Gasteiger partial charge < -0.3 is 5.32 Å². The predicted molar refractivity (Wildman–Crippen MR) is 92.6 cm³/mol. The minimum atomic E-state index is -3.44. The molecule has 23 heavy (non-hydrogen) atoms. The molecule has 5 nitrogen and oxygen atoms in total. The van der Waals surface area contributed by atoms with Gasteiger partial charge in [0.1, 0.15) is 0 Å². The first kappa shape index (κ1) is 17.4. The zero-order valence-corrected chi connectivity index (χ0v) is 14.5. The molecule has 0 aliphatic rings. The van der Waals surface area contributed by atoms with Crippen molar-refractivity contribution in [1.82, 2.24) is 10.0 Å². The van der Waals surface area contributed by atoms with E-state index in [9.17, 15) is 13.2 Å². The second-order valence-corrected chi connectivity index (χ2v) is 7.74. The van der Waals surface area contributed by atoms with E-state index < -0.39 is 10.0 Å². The Kier molecular flexibility index (Phi) is 5.70. The standard InChI is InChI=1S/C16H18N2O3S2/c1-12-9-10-22-15(12)11-18-16(19)8-5-13-3-6-14(7-4-13)23(20,21)17-2/h3-10,17H,11H2,1-2H3,(H,18,19)/b8-5+. The van der Waals surface area contributed by atoms with Crippen LogP contribution in [0.5, 0.6) is 0 Å². The fraction of sp³-hybridized carbons (Fsp3) is 0.188. The van der Waals surface area contributed by atoms with Crippen LogP contribution in [-0.4, -0.2) is 21.4 Å². The zero-order valence-electron chi connectivity index (χ0n) is 12.9. The number of benzene rings is 1. The molecule has 2 N–H and O–H groups in total. The molecule has 0 radical (unpaired) electrons. The van der Waals surface area contributed by atoms with Gasteiger partial charge in [-0.05, 0) is 54.8 Å². The van der Waals surface area contributed by atoms with Gasteiger partial charge in [0, 0.05) is 11.0 Å². The Hall–Kier alpha value is -1.96. The first-order valence-electron chi connectivity index (χ1n) is 6.95. The van der Waals surface area contributed by atoms with Crippen molar-refractivity contribution in [2.45, 2.75) is 18.4 Å². The maximum Gasteiger partial charge on any atom is 0.244 e. The summed E-state index contributed by atoms with van der Waals surface area (Å²) in [5.74, 6) is -0.190. The predicted octanol–water partition coefficient (Wildman–Crippen LogP) is 2.29. The summed E-state index contributed by atoms with van der Waals surface area (Å²) in [5.41, 5.74) is 1.92. The van der Waals surface area contributed by atoms with Crippen LogP contribution >= 0.6 is 11.3 Å². The Balaban J connectivity index is 1.94. The quantitative estimate of drug-likeness (QED) is 0.785. The average molecular weight is 350 g/mol. The number of hydrogen-bond acceptors (Lipinski definition) is 4. The number of thiophene rings is 1. The molecule has 2 aromatic rings. The van der Waals surface area contributed by atoms with Crippen molar-refractivity contribution >= 4 is 33.3 Å². The Morgan fingerprint density at radius 1 is 1.22 bits per heavy atom. The highest BCUT2D eigenvalue weighted by molar-refractivity contribution is 7.89. The Bertz CT molecular complexity index is 806. The van der Waals surface area contributed by atoms with Gasteiger partial charge in [-0.15, -0.1) is 11.3 Å². The van der Waals surface area contributed by atoms with E-state index in [-0.39, 0.29) is 10.8 Å². The fourth-order valence-electron chi connectivity index (χ4n) is 1.86. The maximum atomic E-state index is 11.8. The van der Waals surface area contributed by atoms with Gasteiger partial charge in [0.05, 0.1) is 11.4 Å². The summed E-state index contributed by atoms with van der Waals surface area (Å²) in [4.78, 5) is 13.1. The molecule has 0 aliphatic heterocycles. The van der Waals surface area contributed by atoms with Crippen LogP contribution in [0, 0.1) is 6.92 Å². The van der Waals surface area contributed by atoms with Gasteiger partial charge in [0.15, 0.2) is 0 Å². The van der Waals surface area contributed by atoms with Crippen LogP contribution in [0.2, 0.25) is 0 Å². The van der Waals surface area contributed by atoms with E-state index in [1.807, 2.05) is 18.4 Å². The van der Waals surface area contributed by atoms with E-state index in [0.29, 0.717) is 6.54 Å². The van der Waals surface area contributed by atoms with E-state index in [0.717, 1.165) is 10.4 Å². The molecule has 0 aliphatic carbocycles. The minimum absolute atomic E-state index is 0.190. The number of hydrogen-bond donors (Lipinski definition) is 2. The average Bonchev–Trinajstić information content (AvgIpc) is 2.96. The Morgan fingerprint density at radius 2 is 1.91 bits per heavy atom. The maximum absolute atomic E-state index is 11.8. The smallest absolute Gasteiger partial charge is 0.244 e. The summed E-state index contributed by atoms with van der Waals surface area (Å²) < 4.78 is 25.5. The van der Waals surface area contributed by atoms with E-state index in [4.69, 9.17) is 0 Å². The van der Waals surface area contributed by atoms with Crippen molar-refractivity contribution in [3.63, 3.8) is 0 Å². The Morgan fingerprint density at radius 3 is 2.48 bits per heavy atom. The SMILES string of the molecule is CNS(=O)(=O)c1ccc(/C=C/C(=O)NCc2sccc2C)cc1. The minimum Gasteiger partial charge on any atom is -0.348 e. The number of rotatable bonds is 6. The molecule has 1 aromatic heterocycles. The summed E-state index contributed by atoms with van der Waals surface area (Å²) in [6, 6.07) is 8.31. The normalized spacial score (nSPS) is 11.7. The highest BCUT2D eigenvalue weighted by atomic mass is 32.2. The zero-order chi connectivity index (χ0) is 16.9. The lowest BCUT2D eigenvalue weighted by Gasteiger charge is -2.03. The van der Waals surface area contributed by atoms with E-state index in [2.05, 4.69) is 10.0 Å². The van der Waals surface area contributed by atoms with Crippen LogP contribution in [0.15, 0.2) is 46.7 Å². The second kappa shape index (κ2) is 7.54. The van der Waals surface area contributed by atoms with Crippen LogP contribution < -0.4 is 10.0 Å². The molecular formula is C16H18N2O3S2. The van der Waals surface area contributed by atoms with Gasteiger partial charge in [-0.1, -0.05) is 12.1 Å². The molecule has 0 saturated heterocycles. The lowest BCUT2D eigenvalue weighted by atomic mass is 10.2. The molecule has 7 heteroatoms. The number of sulfonamides is 1. The molecule has 1 amide bonds. The van der Waals surface area contributed by atoms with Crippen molar-refractivity contribution in [3.8, 4) is 0 Å². The lowest BCUT2D eigenvalue weighted by molar-refractivity contribution is -0.116. The molecule has 0 spiro atoms. The van der Waals surface area contributed by atoms with Crippen LogP contribution in [0.3, 0.4) is 0 Å². The monoisotopic (exact) mass is 350 g/mol. The first-order chi connectivity index (χ1) is 10.9. The van der Waals surface area contributed by atoms with E-state index in [1.54, 1.807) is 29.5 Å². The molecule has 1 aromatic carbocycles. The second-order valence-electron chi connectivity index (χ2n) is 4.85. The number of nitrogens with one attached hydrogen (secondary N) is 2. The highest BCUT2D eigenvalue weighted by Crippen LogP contribution is 2.15. The molecule has 2 rings (SSSR count). The summed E-state index contributed by atoms with van der Waals surface area (Å²) >= 11 is 1.61. The third-order valence-corrected chi connectivity index (χ3v) is 5.73. The lowest BCUT2D eigenvalue weighted by Crippen LogP contribution is -2.20. The molecule has 0 atom stereocenters. The number of aryl methyl sites for hydroxylation is 1. The molecular weight excluding hydrogens is 332 g/mol. The van der Waals surface area contributed by atoms with Crippen LogP contribution in [0.4, 0.5) is 0 Å². The third kappa shape index (κ3) is 4.75. The van der Waals surface area contributed by atoms with Crippen molar-refractivity contribution in [2.75, 3.05) is 7.05 Å². The Labute approximate surface area is 140 Å². The van der Waals surface area contributed by atoms with Crippen LogP contribution in [0.25, 0.3) is 6.08 Å². The van der Waals surface area contributed by atoms with Gasteiger partial charge in [-0.2, -0.15) is 0 Å². The molecule has 0 unspecified atom stereocenters. The summed E-state index contributed by atoms with van der Waals surface area (Å²) in [7, 11) is -2.07. The summed E-state index contributed by atoms with van der Waals surface area (Å²) in [6.45, 7) is 2.51. The van der Waals surface area contributed by atoms with Crippen molar-refractivity contribution in [2.24, 2.45) is 0 Å². The summed E-state index contributed by atoms with van der Waals surface area (Å²) in [6.07, 6.45) is 3.08. The van der Waals surface area contributed by atoms with Gasteiger partial charge in [-0.25, -0.2) is 13.1 Å². The number of carbonyl (C=O) groups excluding carboxylic acids is 1. The molecule has 0 bridgehead atoms. The van der Waals surface area contributed by atoms with Crippen LogP contribution in [0.1, 0.15) is 16.0 Å². The van der Waals surface area contributed by atoms with Crippen molar-refractivity contribution in [1.29, 1.82) is 0 Å². The molecule has 1 heterocycles. The van der Waals surface area contributed by atoms with Crippen molar-refractivity contribution in [3.05, 3.63) is 57.8 Å². The third-order valence-electron chi connectivity index (χ3n) is 3.28. The number of amides is 1. The topological polar surface area (TPSA) is 75.3 Å². The molecule has 0 saturated carbocycles. The van der Waals surface area contributed by atoms with Gasteiger partial charge in [-0.3, -0.25) is 4.79 Å². The van der Waals surface area contributed by atoms with Gasteiger partial charge >= 0.3 is 0 Å². The molecule has 122 valence electrons. The first-order valence-corrected chi connectivity index (χ1v) is 9.31. The van der Waals surface area contributed by atoms with Gasteiger partial charge in [0.2, 0.25) is 15.9 Å². The van der Waals surface area contributed by atoms with Crippen molar-refractivity contribution < 1.29 is 13.2 Å². The van der Waals surface area contributed by atoms with Crippen LogP contribution in [-0.2, 0) is 21.4 Å². The van der Waals surface area contributed by atoms with E-state index >= 15 is 0 Å². The molecule has 0 fully saturated rings. The summed E-state index contributed by atoms with van der Waals surface area (Å²) in [5, 5.41) is 4.81. The number of carbonyl (C=O) groups is 1. The fourth-order valence-corrected chi connectivity index (χ4v) is 3.44. The highest BCUT2D eigenvalue weighted by Gasteiger charge is 2.09. The van der Waals surface area contributed by atoms with Gasteiger partial charge in [0.25, 0.3) is 0 Å². The largest absolute Gasteiger partial charge is 0.348 e.